The third-order valence-electron chi connectivity index (χ3n) is 3.16. The lowest BCUT2D eigenvalue weighted by Gasteiger charge is -2.22. The first-order chi connectivity index (χ1) is 8.41. The lowest BCUT2D eigenvalue weighted by Crippen LogP contribution is -2.35. The van der Waals surface area contributed by atoms with Gasteiger partial charge in [0.25, 0.3) is 0 Å². The standard InChI is InChI=1S/C14H18N2OS/c1-14(2,3)18(17)16-13-7-5-11-8-10(9-15)4-6-12(11)13/h4,6,8,13,16H,5,7H2,1-3H3/t13-,18-/m0/s1. The van der Waals surface area contributed by atoms with Crippen LogP contribution in [0.5, 0.6) is 0 Å². The van der Waals surface area contributed by atoms with Crippen LogP contribution in [0.25, 0.3) is 0 Å². The SMILES string of the molecule is CC(C)(C)[S@](=O)N[C@H]1CCc2cc(C#N)ccc21. The minimum atomic E-state index is -1.06. The fourth-order valence-electron chi connectivity index (χ4n) is 2.12. The van der Waals surface area contributed by atoms with Crippen molar-refractivity contribution in [1.29, 1.82) is 5.26 Å². The predicted octanol–water partition coefficient (Wildman–Crippen LogP) is 2.60. The van der Waals surface area contributed by atoms with Gasteiger partial charge in [-0.05, 0) is 56.9 Å². The van der Waals surface area contributed by atoms with Crippen LogP contribution in [0, 0.1) is 11.3 Å². The van der Waals surface area contributed by atoms with E-state index < -0.39 is 11.0 Å². The van der Waals surface area contributed by atoms with Crippen molar-refractivity contribution in [2.45, 2.75) is 44.4 Å². The lowest BCUT2D eigenvalue weighted by atomic mass is 10.1. The number of hydrogen-bond acceptors (Lipinski definition) is 2. The van der Waals surface area contributed by atoms with E-state index in [9.17, 15) is 4.21 Å². The molecule has 1 aromatic carbocycles. The second-order valence-electron chi connectivity index (χ2n) is 5.62. The van der Waals surface area contributed by atoms with Gasteiger partial charge in [-0.25, -0.2) is 8.93 Å². The Morgan fingerprint density at radius 1 is 1.44 bits per heavy atom. The Morgan fingerprint density at radius 2 is 2.17 bits per heavy atom. The quantitative estimate of drug-likeness (QED) is 0.890. The van der Waals surface area contributed by atoms with Gasteiger partial charge in [-0.2, -0.15) is 5.26 Å². The zero-order valence-electron chi connectivity index (χ0n) is 11.0. The summed E-state index contributed by atoms with van der Waals surface area (Å²) in [7, 11) is -1.06. The summed E-state index contributed by atoms with van der Waals surface area (Å²) in [6.45, 7) is 5.89. The molecule has 1 N–H and O–H groups in total. The minimum absolute atomic E-state index is 0.146. The Balaban J connectivity index is 2.18. The Kier molecular flexibility index (Phi) is 3.56. The molecular formula is C14H18N2OS. The van der Waals surface area contributed by atoms with Gasteiger partial charge < -0.3 is 0 Å². The maximum Gasteiger partial charge on any atom is 0.0991 e. The molecule has 0 heterocycles. The van der Waals surface area contributed by atoms with Crippen molar-refractivity contribution >= 4 is 11.0 Å². The first kappa shape index (κ1) is 13.3. The summed E-state index contributed by atoms with van der Waals surface area (Å²) in [6, 6.07) is 8.06. The van der Waals surface area contributed by atoms with Crippen LogP contribution in [0.3, 0.4) is 0 Å². The zero-order valence-corrected chi connectivity index (χ0v) is 11.8. The normalized spacial score (nSPS) is 20.2. The van der Waals surface area contributed by atoms with E-state index in [2.05, 4.69) is 10.8 Å². The van der Waals surface area contributed by atoms with Crippen LogP contribution in [0.15, 0.2) is 18.2 Å². The van der Waals surface area contributed by atoms with Crippen LogP contribution >= 0.6 is 0 Å². The average Bonchev–Trinajstić information content (AvgIpc) is 2.70. The van der Waals surface area contributed by atoms with Crippen molar-refractivity contribution in [3.05, 3.63) is 34.9 Å². The molecule has 1 aromatic rings. The number of hydrogen-bond donors (Lipinski definition) is 1. The van der Waals surface area contributed by atoms with Crippen LogP contribution in [-0.4, -0.2) is 8.96 Å². The van der Waals surface area contributed by atoms with Crippen molar-refractivity contribution < 1.29 is 4.21 Å². The van der Waals surface area contributed by atoms with Gasteiger partial charge in [0.1, 0.15) is 0 Å². The fraction of sp³-hybridized carbons (Fsp3) is 0.500. The molecule has 96 valence electrons. The van der Waals surface area contributed by atoms with Crippen molar-refractivity contribution in [2.75, 3.05) is 0 Å². The predicted molar refractivity (Wildman–Crippen MR) is 73.3 cm³/mol. The molecule has 4 heteroatoms. The van der Waals surface area contributed by atoms with E-state index in [1.165, 1.54) is 11.1 Å². The van der Waals surface area contributed by atoms with Gasteiger partial charge in [0, 0.05) is 6.04 Å². The maximum atomic E-state index is 12.1. The molecule has 0 saturated carbocycles. The highest BCUT2D eigenvalue weighted by atomic mass is 32.2. The Morgan fingerprint density at radius 3 is 2.78 bits per heavy atom. The smallest absolute Gasteiger partial charge is 0.0991 e. The van der Waals surface area contributed by atoms with Gasteiger partial charge in [-0.15, -0.1) is 0 Å². The average molecular weight is 262 g/mol. The molecule has 0 aromatic heterocycles. The van der Waals surface area contributed by atoms with E-state index in [1.54, 1.807) is 0 Å². The van der Waals surface area contributed by atoms with E-state index in [1.807, 2.05) is 39.0 Å². The fourth-order valence-corrected chi connectivity index (χ4v) is 2.97. The topological polar surface area (TPSA) is 52.9 Å². The molecule has 0 aliphatic heterocycles. The molecule has 2 atom stereocenters. The molecule has 0 amide bonds. The van der Waals surface area contributed by atoms with E-state index in [0.29, 0.717) is 5.56 Å². The summed E-state index contributed by atoms with van der Waals surface area (Å²) in [6.07, 6.45) is 1.90. The van der Waals surface area contributed by atoms with Crippen LogP contribution in [0.1, 0.15) is 49.9 Å². The Hall–Kier alpha value is -1.18. The van der Waals surface area contributed by atoms with E-state index in [4.69, 9.17) is 5.26 Å². The van der Waals surface area contributed by atoms with Gasteiger partial charge in [-0.3, -0.25) is 0 Å². The van der Waals surface area contributed by atoms with Gasteiger partial charge in [-0.1, -0.05) is 6.07 Å². The van der Waals surface area contributed by atoms with Crippen LogP contribution in [0.4, 0.5) is 0 Å². The van der Waals surface area contributed by atoms with E-state index in [0.717, 1.165) is 12.8 Å². The van der Waals surface area contributed by atoms with Gasteiger partial charge in [0.05, 0.1) is 27.4 Å². The highest BCUT2D eigenvalue weighted by Crippen LogP contribution is 2.32. The van der Waals surface area contributed by atoms with Gasteiger partial charge in [0.15, 0.2) is 0 Å². The molecule has 0 bridgehead atoms. The highest BCUT2D eigenvalue weighted by molar-refractivity contribution is 7.84. The van der Waals surface area contributed by atoms with Crippen LogP contribution in [0.2, 0.25) is 0 Å². The lowest BCUT2D eigenvalue weighted by molar-refractivity contribution is 0.596. The van der Waals surface area contributed by atoms with Crippen molar-refractivity contribution in [2.24, 2.45) is 0 Å². The molecule has 1 aliphatic rings. The third kappa shape index (κ3) is 2.63. The zero-order chi connectivity index (χ0) is 13.3. The molecule has 1 aliphatic carbocycles. The maximum absolute atomic E-state index is 12.1. The molecule has 3 nitrogen and oxygen atoms in total. The number of nitrogens with one attached hydrogen (secondary N) is 1. The van der Waals surface area contributed by atoms with Crippen LogP contribution < -0.4 is 4.72 Å². The first-order valence-corrected chi connectivity index (χ1v) is 7.28. The molecule has 0 saturated heterocycles. The molecule has 0 unspecified atom stereocenters. The monoisotopic (exact) mass is 262 g/mol. The summed E-state index contributed by atoms with van der Waals surface area (Å²) >= 11 is 0. The minimum Gasteiger partial charge on any atom is -0.242 e. The largest absolute Gasteiger partial charge is 0.242 e. The summed E-state index contributed by atoms with van der Waals surface area (Å²) in [5.41, 5.74) is 3.09. The van der Waals surface area contributed by atoms with E-state index in [-0.39, 0.29) is 10.8 Å². The molecule has 0 fully saturated rings. The number of nitrogens with zero attached hydrogens (tertiary/aromatic N) is 1. The van der Waals surface area contributed by atoms with Crippen molar-refractivity contribution in [1.82, 2.24) is 4.72 Å². The second kappa shape index (κ2) is 4.83. The third-order valence-corrected chi connectivity index (χ3v) is 4.77. The molecule has 2 rings (SSSR count). The highest BCUT2D eigenvalue weighted by Gasteiger charge is 2.28. The van der Waals surface area contributed by atoms with Crippen molar-refractivity contribution in [3.8, 4) is 6.07 Å². The molecular weight excluding hydrogens is 244 g/mol. The molecule has 0 radical (unpaired) electrons. The molecule has 18 heavy (non-hydrogen) atoms. The number of aryl methyl sites for hydroxylation is 1. The Bertz CT molecular complexity index is 526. The van der Waals surface area contributed by atoms with Crippen molar-refractivity contribution in [3.63, 3.8) is 0 Å². The summed E-state index contributed by atoms with van der Waals surface area (Å²) in [5, 5.41) is 8.87. The van der Waals surface area contributed by atoms with E-state index >= 15 is 0 Å². The summed E-state index contributed by atoms with van der Waals surface area (Å²) in [4.78, 5) is 0. The molecule has 0 spiro atoms. The van der Waals surface area contributed by atoms with Gasteiger partial charge in [0.2, 0.25) is 0 Å². The van der Waals surface area contributed by atoms with Gasteiger partial charge >= 0.3 is 0 Å². The summed E-state index contributed by atoms with van der Waals surface area (Å²) in [5.74, 6) is 0. The number of benzene rings is 1. The Labute approximate surface area is 111 Å². The second-order valence-corrected chi connectivity index (χ2v) is 7.61. The summed E-state index contributed by atoms with van der Waals surface area (Å²) < 4.78 is 15.0. The first-order valence-electron chi connectivity index (χ1n) is 6.13. The van der Waals surface area contributed by atoms with Crippen LogP contribution in [-0.2, 0) is 17.4 Å². The number of rotatable bonds is 2. The number of fused-ring (bicyclic) bond motifs is 1. The number of nitriles is 1.